The van der Waals surface area contributed by atoms with Gasteiger partial charge in [0.2, 0.25) is 11.6 Å². The van der Waals surface area contributed by atoms with E-state index in [2.05, 4.69) is 4.79 Å². The normalized spacial score (nSPS) is 10.7. The Labute approximate surface area is 120 Å². The maximum absolute atomic E-state index is 11.6. The quantitative estimate of drug-likeness (QED) is 0.260. The third-order valence-corrected chi connectivity index (χ3v) is 3.91. The number of carbonyl (C=O) groups excluding carboxylic acids is 2. The van der Waals surface area contributed by atoms with Gasteiger partial charge < -0.3 is 5.53 Å². The SMILES string of the molecule is CC(=O)C(=[N+]=[N-])C(=O)CCc1ccc(S(=O)(=O)Cl)cc1. The lowest BCUT2D eigenvalue weighted by Crippen LogP contribution is -2.23. The molecule has 1 aromatic carbocycles. The average Bonchev–Trinajstić information content (AvgIpc) is 2.36. The summed E-state index contributed by atoms with van der Waals surface area (Å²) < 4.78 is 22.1. The zero-order valence-corrected chi connectivity index (χ0v) is 12.1. The summed E-state index contributed by atoms with van der Waals surface area (Å²) >= 11 is 0. The van der Waals surface area contributed by atoms with Crippen LogP contribution in [0.1, 0.15) is 18.9 Å². The molecule has 1 rings (SSSR count). The van der Waals surface area contributed by atoms with Gasteiger partial charge in [-0.2, -0.15) is 4.79 Å². The fourth-order valence-electron chi connectivity index (χ4n) is 1.52. The first-order valence-corrected chi connectivity index (χ1v) is 7.86. The van der Waals surface area contributed by atoms with Gasteiger partial charge in [-0.3, -0.25) is 9.59 Å². The van der Waals surface area contributed by atoms with Gasteiger partial charge in [-0.15, -0.1) is 0 Å². The van der Waals surface area contributed by atoms with E-state index in [4.69, 9.17) is 16.2 Å². The van der Waals surface area contributed by atoms with E-state index in [0.717, 1.165) is 6.92 Å². The van der Waals surface area contributed by atoms with E-state index in [0.29, 0.717) is 5.56 Å². The van der Waals surface area contributed by atoms with Crippen LogP contribution in [0, 0.1) is 0 Å². The van der Waals surface area contributed by atoms with Crippen molar-refractivity contribution in [3.63, 3.8) is 0 Å². The number of aryl methyl sites for hydroxylation is 1. The summed E-state index contributed by atoms with van der Waals surface area (Å²) in [6.45, 7) is 1.13. The van der Waals surface area contributed by atoms with Gasteiger partial charge in [-0.05, 0) is 24.1 Å². The number of hydrogen-bond acceptors (Lipinski definition) is 4. The van der Waals surface area contributed by atoms with Gasteiger partial charge in [0, 0.05) is 24.0 Å². The van der Waals surface area contributed by atoms with Crippen molar-refractivity contribution in [2.75, 3.05) is 0 Å². The number of carbonyl (C=O) groups is 2. The topological polar surface area (TPSA) is 105 Å². The van der Waals surface area contributed by atoms with Gasteiger partial charge in [0.25, 0.3) is 9.05 Å². The second kappa shape index (κ2) is 6.56. The summed E-state index contributed by atoms with van der Waals surface area (Å²) in [4.78, 5) is 25.2. The highest BCUT2D eigenvalue weighted by atomic mass is 35.7. The summed E-state index contributed by atoms with van der Waals surface area (Å²) in [5.74, 6) is -1.19. The zero-order chi connectivity index (χ0) is 15.3. The first kappa shape index (κ1) is 16.2. The van der Waals surface area contributed by atoms with E-state index in [1.165, 1.54) is 24.3 Å². The van der Waals surface area contributed by atoms with Crippen LogP contribution in [0.25, 0.3) is 5.53 Å². The lowest BCUT2D eigenvalue weighted by molar-refractivity contribution is -0.123. The maximum Gasteiger partial charge on any atom is 0.399 e. The fourth-order valence-corrected chi connectivity index (χ4v) is 2.29. The molecule has 0 aliphatic heterocycles. The third-order valence-electron chi connectivity index (χ3n) is 2.54. The molecule has 0 unspecified atom stereocenters. The molecule has 0 heterocycles. The van der Waals surface area contributed by atoms with Crippen LogP contribution in [0.5, 0.6) is 0 Å². The molecule has 0 aliphatic rings. The van der Waals surface area contributed by atoms with Crippen molar-refractivity contribution in [1.82, 2.24) is 0 Å². The van der Waals surface area contributed by atoms with Gasteiger partial charge in [0.05, 0.1) is 4.90 Å². The summed E-state index contributed by atoms with van der Waals surface area (Å²) in [6, 6.07) is 5.69. The van der Waals surface area contributed by atoms with E-state index < -0.39 is 26.3 Å². The Morgan fingerprint density at radius 3 is 2.20 bits per heavy atom. The van der Waals surface area contributed by atoms with Gasteiger partial charge in [0.15, 0.2) is 0 Å². The number of ketones is 2. The van der Waals surface area contributed by atoms with Crippen LogP contribution in [0.4, 0.5) is 0 Å². The first-order valence-electron chi connectivity index (χ1n) is 5.55. The highest BCUT2D eigenvalue weighted by Crippen LogP contribution is 2.16. The van der Waals surface area contributed by atoms with Gasteiger partial charge >= 0.3 is 5.71 Å². The molecule has 0 saturated carbocycles. The number of rotatable bonds is 6. The molecular weight excluding hydrogens is 304 g/mol. The first-order chi connectivity index (χ1) is 9.25. The Bertz CT molecular complexity index is 689. The second-order valence-corrected chi connectivity index (χ2v) is 6.58. The second-order valence-electron chi connectivity index (χ2n) is 4.01. The number of nitrogens with zero attached hydrogens (tertiary/aromatic N) is 2. The molecule has 0 spiro atoms. The maximum atomic E-state index is 11.6. The van der Waals surface area contributed by atoms with Crippen molar-refractivity contribution >= 4 is 37.0 Å². The van der Waals surface area contributed by atoms with Gasteiger partial charge in [-0.1, -0.05) is 12.1 Å². The Hall–Kier alpha value is -1.82. The fraction of sp³-hybridized carbons (Fsp3) is 0.250. The predicted molar refractivity (Wildman–Crippen MR) is 72.1 cm³/mol. The molecule has 0 bridgehead atoms. The molecule has 0 atom stereocenters. The molecule has 8 heteroatoms. The van der Waals surface area contributed by atoms with Crippen molar-refractivity contribution < 1.29 is 22.8 Å². The molecule has 6 nitrogen and oxygen atoms in total. The molecular formula is C12H11ClN2O4S. The molecule has 106 valence electrons. The van der Waals surface area contributed by atoms with E-state index in [1.54, 1.807) is 0 Å². The molecule has 20 heavy (non-hydrogen) atoms. The number of benzene rings is 1. The average molecular weight is 315 g/mol. The lowest BCUT2D eigenvalue weighted by atomic mass is 10.0. The van der Waals surface area contributed by atoms with Crippen LogP contribution >= 0.6 is 10.7 Å². The molecule has 1 aromatic rings. The summed E-state index contributed by atoms with van der Waals surface area (Å²) in [5, 5.41) is 0. The van der Waals surface area contributed by atoms with Crippen LogP contribution in [-0.4, -0.2) is 30.5 Å². The predicted octanol–water partition coefficient (Wildman–Crippen LogP) is 1.38. The molecule has 0 amide bonds. The number of Topliss-reactive ketones (excluding diaryl/α,β-unsaturated/α-hetero) is 2. The Morgan fingerprint density at radius 1 is 1.25 bits per heavy atom. The molecule has 0 fully saturated rings. The molecule has 0 radical (unpaired) electrons. The number of halogens is 1. The van der Waals surface area contributed by atoms with E-state index in [1.807, 2.05) is 0 Å². The van der Waals surface area contributed by atoms with Crippen LogP contribution in [0.15, 0.2) is 29.2 Å². The molecule has 0 aliphatic carbocycles. The van der Waals surface area contributed by atoms with Crippen molar-refractivity contribution in [3.05, 3.63) is 35.4 Å². The van der Waals surface area contributed by atoms with Crippen molar-refractivity contribution in [3.8, 4) is 0 Å². The lowest BCUT2D eigenvalue weighted by Gasteiger charge is -2.00. The van der Waals surface area contributed by atoms with E-state index in [-0.39, 0.29) is 17.7 Å². The van der Waals surface area contributed by atoms with Crippen LogP contribution in [0.3, 0.4) is 0 Å². The summed E-state index contributed by atoms with van der Waals surface area (Å²) in [5.41, 5.74) is 8.76. The highest BCUT2D eigenvalue weighted by molar-refractivity contribution is 8.13. The van der Waals surface area contributed by atoms with Gasteiger partial charge in [0.1, 0.15) is 0 Å². The van der Waals surface area contributed by atoms with E-state index >= 15 is 0 Å². The standard InChI is InChI=1S/C12H11ClN2O4S/c1-8(16)12(15-14)11(17)7-4-9-2-5-10(6-3-9)20(13,18)19/h2-3,5-6H,4,7H2,1H3. The zero-order valence-electron chi connectivity index (χ0n) is 10.5. The summed E-state index contributed by atoms with van der Waals surface area (Å²) in [6.07, 6.45) is 0.264. The minimum Gasteiger partial charge on any atom is -0.360 e. The molecule has 0 saturated heterocycles. The minimum atomic E-state index is -3.77. The minimum absolute atomic E-state index is 0.0219. The van der Waals surface area contributed by atoms with Gasteiger partial charge in [-0.25, -0.2) is 8.42 Å². The van der Waals surface area contributed by atoms with Crippen LogP contribution in [-0.2, 0) is 25.1 Å². The van der Waals surface area contributed by atoms with Crippen molar-refractivity contribution in [1.29, 1.82) is 0 Å². The Morgan fingerprint density at radius 2 is 1.80 bits per heavy atom. The van der Waals surface area contributed by atoms with Crippen molar-refractivity contribution in [2.24, 2.45) is 0 Å². The Kier molecular flexibility index (Phi) is 5.33. The highest BCUT2D eigenvalue weighted by Gasteiger charge is 2.24. The van der Waals surface area contributed by atoms with Crippen LogP contribution in [0.2, 0.25) is 0 Å². The summed E-state index contributed by atoms with van der Waals surface area (Å²) in [7, 11) is 1.40. The third kappa shape index (κ3) is 4.38. The molecule has 0 aromatic heterocycles. The largest absolute Gasteiger partial charge is 0.399 e. The van der Waals surface area contributed by atoms with E-state index in [9.17, 15) is 18.0 Å². The monoisotopic (exact) mass is 314 g/mol. The molecule has 0 N–H and O–H groups in total. The van der Waals surface area contributed by atoms with Crippen LogP contribution < -0.4 is 0 Å². The Balaban J connectivity index is 2.75. The van der Waals surface area contributed by atoms with Crippen molar-refractivity contribution in [2.45, 2.75) is 24.7 Å². The smallest absolute Gasteiger partial charge is 0.360 e. The number of hydrogen-bond donors (Lipinski definition) is 0.